The lowest BCUT2D eigenvalue weighted by atomic mass is 9.82. The molecule has 2 heteroatoms. The van der Waals surface area contributed by atoms with E-state index in [1.165, 1.54) is 18.4 Å². The number of nitrogens with one attached hydrogen (secondary N) is 1. The Kier molecular flexibility index (Phi) is 2.64. The average Bonchev–Trinajstić information content (AvgIpc) is 2.37. The van der Waals surface area contributed by atoms with Gasteiger partial charge in [-0.3, -0.25) is 0 Å². The van der Waals surface area contributed by atoms with Crippen molar-refractivity contribution in [2.75, 3.05) is 0 Å². The molecule has 1 saturated carbocycles. The lowest BCUT2D eigenvalue weighted by Crippen LogP contribution is -2.39. The van der Waals surface area contributed by atoms with Crippen molar-refractivity contribution in [2.45, 2.75) is 46.2 Å². The minimum absolute atomic E-state index is 0.736. The second-order valence-electron chi connectivity index (χ2n) is 4.59. The molecule has 0 aromatic carbocycles. The minimum atomic E-state index is 0.736. The molecule has 0 aliphatic heterocycles. The Bertz CT molecular complexity index is 310. The van der Waals surface area contributed by atoms with E-state index in [0.717, 1.165) is 30.0 Å². The van der Waals surface area contributed by atoms with E-state index in [-0.39, 0.29) is 0 Å². The van der Waals surface area contributed by atoms with Gasteiger partial charge in [-0.2, -0.15) is 0 Å². The van der Waals surface area contributed by atoms with Gasteiger partial charge in [0.15, 0.2) is 0 Å². The summed E-state index contributed by atoms with van der Waals surface area (Å²) < 4.78 is 5.48. The fourth-order valence-corrected chi connectivity index (χ4v) is 2.18. The van der Waals surface area contributed by atoms with Crippen LogP contribution in [-0.2, 0) is 6.54 Å². The van der Waals surface area contributed by atoms with Gasteiger partial charge in [-0.1, -0.05) is 6.92 Å². The molecule has 0 amide bonds. The molecule has 1 aromatic heterocycles. The van der Waals surface area contributed by atoms with Gasteiger partial charge < -0.3 is 9.73 Å². The van der Waals surface area contributed by atoms with Crippen LogP contribution in [0.1, 0.15) is 36.8 Å². The van der Waals surface area contributed by atoms with Crippen molar-refractivity contribution in [1.29, 1.82) is 0 Å². The normalized spacial score (nSPS) is 26.2. The molecule has 0 spiro atoms. The van der Waals surface area contributed by atoms with Crippen LogP contribution in [0.15, 0.2) is 10.5 Å². The summed E-state index contributed by atoms with van der Waals surface area (Å²) in [6, 6.07) is 2.87. The predicted molar refractivity (Wildman–Crippen MR) is 57.2 cm³/mol. The molecule has 78 valence electrons. The van der Waals surface area contributed by atoms with Crippen molar-refractivity contribution in [2.24, 2.45) is 5.92 Å². The summed E-state index contributed by atoms with van der Waals surface area (Å²) in [6.07, 6.45) is 2.66. The highest BCUT2D eigenvalue weighted by Gasteiger charge is 2.24. The molecular weight excluding hydrogens is 174 g/mol. The highest BCUT2D eigenvalue weighted by Crippen LogP contribution is 2.26. The van der Waals surface area contributed by atoms with Gasteiger partial charge in [0.2, 0.25) is 0 Å². The molecule has 1 aromatic rings. The number of aryl methyl sites for hydroxylation is 2. The molecule has 1 fully saturated rings. The summed E-state index contributed by atoms with van der Waals surface area (Å²) in [5.74, 6) is 2.99. The van der Waals surface area contributed by atoms with E-state index in [2.05, 4.69) is 18.3 Å². The maximum absolute atomic E-state index is 5.48. The van der Waals surface area contributed by atoms with Crippen molar-refractivity contribution in [3.63, 3.8) is 0 Å². The summed E-state index contributed by atoms with van der Waals surface area (Å²) in [5, 5.41) is 3.56. The lowest BCUT2D eigenvalue weighted by molar-refractivity contribution is 0.240. The zero-order valence-electron chi connectivity index (χ0n) is 9.26. The molecule has 0 atom stereocenters. The SMILES string of the molecule is Cc1cc(CNC2CC(C)C2)c(C)o1. The first-order valence-corrected chi connectivity index (χ1v) is 5.44. The quantitative estimate of drug-likeness (QED) is 0.798. The smallest absolute Gasteiger partial charge is 0.105 e. The third-order valence-corrected chi connectivity index (χ3v) is 3.10. The molecular formula is C12H19NO. The first-order chi connectivity index (χ1) is 6.65. The molecule has 1 aliphatic carbocycles. The number of hydrogen-bond acceptors (Lipinski definition) is 2. The Labute approximate surface area is 85.7 Å². The van der Waals surface area contributed by atoms with Crippen LogP contribution in [0.5, 0.6) is 0 Å². The van der Waals surface area contributed by atoms with Crippen molar-refractivity contribution >= 4 is 0 Å². The van der Waals surface area contributed by atoms with Gasteiger partial charge in [-0.25, -0.2) is 0 Å². The summed E-state index contributed by atoms with van der Waals surface area (Å²) in [7, 11) is 0. The van der Waals surface area contributed by atoms with Gasteiger partial charge in [0.05, 0.1) is 0 Å². The minimum Gasteiger partial charge on any atom is -0.466 e. The number of furan rings is 1. The van der Waals surface area contributed by atoms with E-state index in [1.807, 2.05) is 13.8 Å². The van der Waals surface area contributed by atoms with Crippen LogP contribution in [0.2, 0.25) is 0 Å². The molecule has 1 N–H and O–H groups in total. The van der Waals surface area contributed by atoms with Crippen molar-refractivity contribution < 1.29 is 4.42 Å². The van der Waals surface area contributed by atoms with Gasteiger partial charge in [-0.05, 0) is 38.7 Å². The first kappa shape index (κ1) is 9.78. The maximum atomic E-state index is 5.48. The fourth-order valence-electron chi connectivity index (χ4n) is 2.18. The highest BCUT2D eigenvalue weighted by atomic mass is 16.3. The zero-order valence-corrected chi connectivity index (χ0v) is 9.26. The third-order valence-electron chi connectivity index (χ3n) is 3.10. The summed E-state index contributed by atoms with van der Waals surface area (Å²) in [5.41, 5.74) is 1.31. The second-order valence-corrected chi connectivity index (χ2v) is 4.59. The summed E-state index contributed by atoms with van der Waals surface area (Å²) in [6.45, 7) is 7.31. The number of rotatable bonds is 3. The van der Waals surface area contributed by atoms with Crippen LogP contribution in [0.4, 0.5) is 0 Å². The molecule has 2 rings (SSSR count). The van der Waals surface area contributed by atoms with E-state index < -0.39 is 0 Å². The van der Waals surface area contributed by atoms with Crippen molar-refractivity contribution in [3.8, 4) is 0 Å². The van der Waals surface area contributed by atoms with Crippen LogP contribution in [0.25, 0.3) is 0 Å². The highest BCUT2D eigenvalue weighted by molar-refractivity contribution is 5.19. The topological polar surface area (TPSA) is 25.2 Å². The van der Waals surface area contributed by atoms with E-state index in [0.29, 0.717) is 0 Å². The van der Waals surface area contributed by atoms with E-state index >= 15 is 0 Å². The van der Waals surface area contributed by atoms with Crippen LogP contribution in [-0.4, -0.2) is 6.04 Å². The molecule has 1 aliphatic rings. The molecule has 14 heavy (non-hydrogen) atoms. The van der Waals surface area contributed by atoms with Crippen LogP contribution < -0.4 is 5.32 Å². The zero-order chi connectivity index (χ0) is 10.1. The van der Waals surface area contributed by atoms with Crippen molar-refractivity contribution in [1.82, 2.24) is 5.32 Å². The Morgan fingerprint density at radius 3 is 2.64 bits per heavy atom. The molecule has 1 heterocycles. The lowest BCUT2D eigenvalue weighted by Gasteiger charge is -2.33. The fraction of sp³-hybridized carbons (Fsp3) is 0.667. The van der Waals surface area contributed by atoms with Gasteiger partial charge >= 0.3 is 0 Å². The van der Waals surface area contributed by atoms with E-state index in [1.54, 1.807) is 0 Å². The van der Waals surface area contributed by atoms with Crippen molar-refractivity contribution in [3.05, 3.63) is 23.2 Å². The van der Waals surface area contributed by atoms with Crippen LogP contribution >= 0.6 is 0 Å². The molecule has 0 radical (unpaired) electrons. The molecule has 0 unspecified atom stereocenters. The van der Waals surface area contributed by atoms with Gasteiger partial charge in [-0.15, -0.1) is 0 Å². The predicted octanol–water partition coefficient (Wildman–Crippen LogP) is 2.78. The standard InChI is InChI=1S/C12H19NO/c1-8-4-12(5-8)13-7-11-6-9(2)14-10(11)3/h6,8,12-13H,4-5,7H2,1-3H3. The average molecular weight is 193 g/mol. The Morgan fingerprint density at radius 2 is 2.14 bits per heavy atom. The maximum Gasteiger partial charge on any atom is 0.105 e. The summed E-state index contributed by atoms with van der Waals surface area (Å²) >= 11 is 0. The van der Waals surface area contributed by atoms with Gasteiger partial charge in [0.1, 0.15) is 11.5 Å². The first-order valence-electron chi connectivity index (χ1n) is 5.44. The van der Waals surface area contributed by atoms with Gasteiger partial charge in [0.25, 0.3) is 0 Å². The summed E-state index contributed by atoms with van der Waals surface area (Å²) in [4.78, 5) is 0. The second kappa shape index (κ2) is 3.77. The molecule has 0 bridgehead atoms. The van der Waals surface area contributed by atoms with Crippen LogP contribution in [0.3, 0.4) is 0 Å². The van der Waals surface area contributed by atoms with Crippen LogP contribution in [0, 0.1) is 19.8 Å². The third kappa shape index (κ3) is 2.01. The van der Waals surface area contributed by atoms with E-state index in [4.69, 9.17) is 4.42 Å². The van der Waals surface area contributed by atoms with E-state index in [9.17, 15) is 0 Å². The largest absolute Gasteiger partial charge is 0.466 e. The Balaban J connectivity index is 1.83. The molecule has 0 saturated heterocycles. The Morgan fingerprint density at radius 1 is 1.43 bits per heavy atom. The Hall–Kier alpha value is -0.760. The number of hydrogen-bond donors (Lipinski definition) is 1. The monoisotopic (exact) mass is 193 g/mol. The van der Waals surface area contributed by atoms with Gasteiger partial charge in [0, 0.05) is 18.2 Å². The molecule has 2 nitrogen and oxygen atoms in total.